The van der Waals surface area contributed by atoms with Crippen LogP contribution in [0.5, 0.6) is 0 Å². The summed E-state index contributed by atoms with van der Waals surface area (Å²) < 4.78 is 5.46. The van der Waals surface area contributed by atoms with Gasteiger partial charge in [-0.05, 0) is 34.1 Å². The van der Waals surface area contributed by atoms with Gasteiger partial charge in [0.15, 0.2) is 0 Å². The maximum absolute atomic E-state index is 11.7. The van der Waals surface area contributed by atoms with E-state index in [4.69, 9.17) is 10.5 Å². The van der Waals surface area contributed by atoms with Gasteiger partial charge in [0.2, 0.25) is 5.95 Å². The summed E-state index contributed by atoms with van der Waals surface area (Å²) in [6.07, 6.45) is 5.88. The number of anilines is 4. The van der Waals surface area contributed by atoms with Gasteiger partial charge in [-0.15, -0.1) is 0 Å². The zero-order valence-corrected chi connectivity index (χ0v) is 16.1. The maximum Gasteiger partial charge on any atom is 0.337 e. The molecule has 2 heterocycles. The molecule has 0 spiro atoms. The summed E-state index contributed by atoms with van der Waals surface area (Å²) in [6.45, 7) is 0.657. The number of nitrogens with one attached hydrogen (secondary N) is 3. The van der Waals surface area contributed by atoms with E-state index in [0.717, 1.165) is 16.6 Å². The van der Waals surface area contributed by atoms with Gasteiger partial charge in [0.1, 0.15) is 5.82 Å². The van der Waals surface area contributed by atoms with Crippen LogP contribution in [0.1, 0.15) is 16.1 Å². The van der Waals surface area contributed by atoms with E-state index in [-0.39, 0.29) is 0 Å². The van der Waals surface area contributed by atoms with Gasteiger partial charge in [0, 0.05) is 36.7 Å². The Balaban J connectivity index is 1.72. The number of esters is 1. The van der Waals surface area contributed by atoms with Crippen molar-refractivity contribution in [3.63, 3.8) is 0 Å². The monoisotopic (exact) mass is 431 g/mol. The lowest BCUT2D eigenvalue weighted by atomic mass is 10.2. The molecule has 5 N–H and O–H groups in total. The number of aromatic amines is 1. The summed E-state index contributed by atoms with van der Waals surface area (Å²) in [6, 6.07) is 4.85. The quantitative estimate of drug-likeness (QED) is 0.331. The number of methoxy groups -OCH3 is 1. The molecule has 2 aromatic heterocycles. The molecule has 9 nitrogen and oxygen atoms in total. The average molecular weight is 432 g/mol. The fourth-order valence-corrected chi connectivity index (χ4v) is 2.71. The highest BCUT2D eigenvalue weighted by molar-refractivity contribution is 9.10. The van der Waals surface area contributed by atoms with Gasteiger partial charge >= 0.3 is 5.97 Å². The Kier molecular flexibility index (Phi) is 5.87. The van der Waals surface area contributed by atoms with Crippen LogP contribution in [0.3, 0.4) is 0 Å². The molecular formula is C17H18BrN7O2. The lowest BCUT2D eigenvalue weighted by Crippen LogP contribution is -2.09. The first-order chi connectivity index (χ1) is 13.0. The summed E-state index contributed by atoms with van der Waals surface area (Å²) in [4.78, 5) is 27.5. The van der Waals surface area contributed by atoms with Crippen molar-refractivity contribution in [1.29, 1.82) is 0 Å². The van der Waals surface area contributed by atoms with Gasteiger partial charge in [0.05, 0.1) is 29.2 Å². The first-order valence-corrected chi connectivity index (χ1v) is 8.84. The molecule has 140 valence electrons. The second-order valence-electron chi connectivity index (χ2n) is 5.59. The molecule has 0 radical (unpaired) electrons. The number of carbonyl (C=O) groups is 1. The van der Waals surface area contributed by atoms with Crippen LogP contribution in [0.25, 0.3) is 0 Å². The van der Waals surface area contributed by atoms with Crippen LogP contribution in [-0.4, -0.2) is 39.6 Å². The normalized spacial score (nSPS) is 10.4. The maximum atomic E-state index is 11.7. The first-order valence-electron chi connectivity index (χ1n) is 8.05. The lowest BCUT2D eigenvalue weighted by molar-refractivity contribution is 0.0601. The van der Waals surface area contributed by atoms with Crippen LogP contribution >= 0.6 is 15.9 Å². The minimum Gasteiger partial charge on any atom is -0.465 e. The van der Waals surface area contributed by atoms with Crippen molar-refractivity contribution in [3.8, 4) is 0 Å². The Hall–Kier alpha value is -3.14. The molecule has 0 amide bonds. The Morgan fingerprint density at radius 1 is 1.33 bits per heavy atom. The third kappa shape index (κ3) is 4.94. The van der Waals surface area contributed by atoms with Crippen molar-refractivity contribution in [2.75, 3.05) is 30.0 Å². The highest BCUT2D eigenvalue weighted by Crippen LogP contribution is 2.24. The minimum atomic E-state index is -0.470. The van der Waals surface area contributed by atoms with Crippen molar-refractivity contribution in [2.45, 2.75) is 6.42 Å². The first kappa shape index (κ1) is 18.6. The highest BCUT2D eigenvalue weighted by atomic mass is 79.9. The molecule has 10 heteroatoms. The predicted octanol–water partition coefficient (Wildman–Crippen LogP) is 2.73. The molecule has 27 heavy (non-hydrogen) atoms. The third-order valence-corrected chi connectivity index (χ3v) is 4.19. The van der Waals surface area contributed by atoms with Crippen molar-refractivity contribution in [2.24, 2.45) is 0 Å². The number of carbonyl (C=O) groups excluding carboxylic acids is 1. The van der Waals surface area contributed by atoms with Gasteiger partial charge in [-0.2, -0.15) is 4.98 Å². The number of nitrogens with zero attached hydrogens (tertiary/aromatic N) is 3. The summed E-state index contributed by atoms with van der Waals surface area (Å²) in [5, 5.41) is 6.28. The number of imidazole rings is 1. The standard InChI is InChI=1S/C17H18BrN7O2/c1-27-16(26)10-4-11(19)6-13(5-10)24-17-22-8-14(18)15(25-17)21-3-2-12-7-20-9-23-12/h4-9H,2-3,19H2,1H3,(H,20,23)(H2,21,22,24,25). The van der Waals surface area contributed by atoms with E-state index in [0.29, 0.717) is 35.2 Å². The molecule has 3 aromatic rings. The molecule has 0 aliphatic heterocycles. The molecule has 3 rings (SSSR count). The van der Waals surface area contributed by atoms with Crippen LogP contribution in [0, 0.1) is 0 Å². The highest BCUT2D eigenvalue weighted by Gasteiger charge is 2.10. The van der Waals surface area contributed by atoms with E-state index in [1.165, 1.54) is 7.11 Å². The van der Waals surface area contributed by atoms with Crippen molar-refractivity contribution in [1.82, 2.24) is 19.9 Å². The molecule has 0 saturated heterocycles. The summed E-state index contributed by atoms with van der Waals surface area (Å²) in [5.74, 6) is 0.532. The topological polar surface area (TPSA) is 131 Å². The van der Waals surface area contributed by atoms with Crippen molar-refractivity contribution < 1.29 is 9.53 Å². The Morgan fingerprint density at radius 2 is 2.19 bits per heavy atom. The average Bonchev–Trinajstić information content (AvgIpc) is 3.16. The minimum absolute atomic E-state index is 0.342. The van der Waals surface area contributed by atoms with Crippen LogP contribution < -0.4 is 16.4 Å². The van der Waals surface area contributed by atoms with Gasteiger partial charge in [-0.1, -0.05) is 0 Å². The number of nitrogen functional groups attached to an aromatic ring is 1. The lowest BCUT2D eigenvalue weighted by Gasteiger charge is -2.11. The number of ether oxygens (including phenoxy) is 1. The van der Waals surface area contributed by atoms with Gasteiger partial charge < -0.3 is 26.1 Å². The number of H-pyrrole nitrogens is 1. The number of hydrogen-bond acceptors (Lipinski definition) is 8. The van der Waals surface area contributed by atoms with Gasteiger partial charge in [0.25, 0.3) is 0 Å². The van der Waals surface area contributed by atoms with Crippen molar-refractivity contribution in [3.05, 3.63) is 52.7 Å². The molecule has 0 fully saturated rings. The van der Waals surface area contributed by atoms with E-state index >= 15 is 0 Å². The second kappa shape index (κ2) is 8.49. The number of halogens is 1. The number of benzene rings is 1. The van der Waals surface area contributed by atoms with Crippen molar-refractivity contribution >= 4 is 45.0 Å². The van der Waals surface area contributed by atoms with E-state index < -0.39 is 5.97 Å². The van der Waals surface area contributed by atoms with E-state index in [1.54, 1.807) is 30.7 Å². The summed E-state index contributed by atoms with van der Waals surface area (Å²) in [5.41, 5.74) is 8.17. The molecular weight excluding hydrogens is 414 g/mol. The number of hydrogen-bond donors (Lipinski definition) is 4. The number of rotatable bonds is 7. The summed E-state index contributed by atoms with van der Waals surface area (Å²) in [7, 11) is 1.32. The number of aromatic nitrogens is 4. The fraction of sp³-hybridized carbons (Fsp3) is 0.176. The smallest absolute Gasteiger partial charge is 0.337 e. The molecule has 0 aliphatic rings. The summed E-state index contributed by atoms with van der Waals surface area (Å²) >= 11 is 3.43. The molecule has 0 atom stereocenters. The third-order valence-electron chi connectivity index (χ3n) is 3.61. The second-order valence-corrected chi connectivity index (χ2v) is 6.44. The Morgan fingerprint density at radius 3 is 2.93 bits per heavy atom. The van der Waals surface area contributed by atoms with Crippen LogP contribution in [0.4, 0.5) is 23.1 Å². The predicted molar refractivity (Wildman–Crippen MR) is 106 cm³/mol. The van der Waals surface area contributed by atoms with Gasteiger partial charge in [-0.3, -0.25) is 0 Å². The van der Waals surface area contributed by atoms with Crippen LogP contribution in [-0.2, 0) is 11.2 Å². The van der Waals surface area contributed by atoms with E-state index in [2.05, 4.69) is 46.5 Å². The zero-order chi connectivity index (χ0) is 19.2. The Labute approximate surface area is 163 Å². The van der Waals surface area contributed by atoms with E-state index in [1.807, 2.05) is 6.20 Å². The molecule has 1 aromatic carbocycles. The van der Waals surface area contributed by atoms with Gasteiger partial charge in [-0.25, -0.2) is 14.8 Å². The molecule has 0 bridgehead atoms. The van der Waals surface area contributed by atoms with Crippen LogP contribution in [0.15, 0.2) is 41.4 Å². The molecule has 0 saturated carbocycles. The SMILES string of the molecule is COC(=O)c1cc(N)cc(Nc2ncc(Br)c(NCCc3c[nH]cn3)n2)c1. The zero-order valence-electron chi connectivity index (χ0n) is 14.5. The Bertz CT molecular complexity index is 931. The largest absolute Gasteiger partial charge is 0.465 e. The van der Waals surface area contributed by atoms with E-state index in [9.17, 15) is 4.79 Å². The number of nitrogens with two attached hydrogens (primary N) is 1. The van der Waals surface area contributed by atoms with Crippen LogP contribution in [0.2, 0.25) is 0 Å². The molecule has 0 unspecified atom stereocenters. The fourth-order valence-electron chi connectivity index (χ4n) is 2.38. The molecule has 0 aliphatic carbocycles.